The summed E-state index contributed by atoms with van der Waals surface area (Å²) in [6, 6.07) is 15.4. The number of thioether (sulfide) groups is 1. The molecule has 0 unspecified atom stereocenters. The number of para-hydroxylation sites is 1. The van der Waals surface area contributed by atoms with Gasteiger partial charge in [-0.25, -0.2) is 4.79 Å². The van der Waals surface area contributed by atoms with E-state index in [9.17, 15) is 9.59 Å². The minimum Gasteiger partial charge on any atom is -0.460 e. The Kier molecular flexibility index (Phi) is 6.19. The number of hydrogen-bond acceptors (Lipinski definition) is 5. The van der Waals surface area contributed by atoms with E-state index in [2.05, 4.69) is 5.32 Å². The molecule has 1 amide bonds. The molecule has 27 heavy (non-hydrogen) atoms. The second-order valence-corrected chi connectivity index (χ2v) is 7.15. The van der Waals surface area contributed by atoms with Crippen molar-refractivity contribution in [3.63, 3.8) is 0 Å². The predicted octanol–water partition coefficient (Wildman–Crippen LogP) is 5.04. The number of anilines is 1. The first kappa shape index (κ1) is 19.0. The van der Waals surface area contributed by atoms with Crippen molar-refractivity contribution in [2.75, 3.05) is 17.7 Å². The van der Waals surface area contributed by atoms with E-state index in [4.69, 9.17) is 9.15 Å². The zero-order valence-corrected chi connectivity index (χ0v) is 16.1. The molecular weight excluding hydrogens is 362 g/mol. The molecule has 0 spiro atoms. The summed E-state index contributed by atoms with van der Waals surface area (Å²) in [7, 11) is 0. The maximum absolute atomic E-state index is 12.4. The smallest absolute Gasteiger partial charge is 0.376 e. The summed E-state index contributed by atoms with van der Waals surface area (Å²) in [6.45, 7) is 4.00. The highest BCUT2D eigenvalue weighted by Gasteiger charge is 2.23. The lowest BCUT2D eigenvalue weighted by molar-refractivity contribution is -0.115. The number of carbonyl (C=O) groups is 2. The molecule has 0 aliphatic heterocycles. The lowest BCUT2D eigenvalue weighted by Gasteiger charge is -2.06. The first-order valence-corrected chi connectivity index (χ1v) is 9.75. The number of carbonyl (C=O) groups excluding carboxylic acids is 2. The molecular formula is C21H21NO4S. The van der Waals surface area contributed by atoms with Crippen molar-refractivity contribution >= 4 is 40.3 Å². The van der Waals surface area contributed by atoms with Crippen molar-refractivity contribution in [3.05, 3.63) is 59.9 Å². The fourth-order valence-corrected chi connectivity index (χ4v) is 3.46. The van der Waals surface area contributed by atoms with Crippen LogP contribution in [0.25, 0.3) is 11.0 Å². The summed E-state index contributed by atoms with van der Waals surface area (Å²) >= 11 is 1.62. The second kappa shape index (κ2) is 8.77. The molecule has 6 heteroatoms. The highest BCUT2D eigenvalue weighted by molar-refractivity contribution is 7.99. The molecule has 0 saturated carbocycles. The first-order chi connectivity index (χ1) is 13.1. The Balaban J connectivity index is 1.69. The molecule has 0 aliphatic carbocycles. The van der Waals surface area contributed by atoms with Gasteiger partial charge in [0.1, 0.15) is 11.3 Å². The van der Waals surface area contributed by atoms with E-state index in [0.29, 0.717) is 28.8 Å². The number of amides is 1. The molecule has 1 aromatic heterocycles. The van der Waals surface area contributed by atoms with Crippen molar-refractivity contribution in [3.8, 4) is 0 Å². The number of rotatable bonds is 7. The average molecular weight is 383 g/mol. The lowest BCUT2D eigenvalue weighted by Crippen LogP contribution is -2.15. The third-order valence-corrected chi connectivity index (χ3v) is 4.95. The zero-order valence-electron chi connectivity index (χ0n) is 15.3. The van der Waals surface area contributed by atoms with Gasteiger partial charge in [0, 0.05) is 22.5 Å². The van der Waals surface area contributed by atoms with Crippen molar-refractivity contribution < 1.29 is 18.7 Å². The third kappa shape index (κ3) is 4.71. The number of ether oxygens (including phenoxy) is 1. The van der Waals surface area contributed by atoms with Crippen LogP contribution in [0.4, 0.5) is 5.69 Å². The number of benzene rings is 2. The van der Waals surface area contributed by atoms with Crippen LogP contribution in [0.1, 0.15) is 29.5 Å². The van der Waals surface area contributed by atoms with Crippen LogP contribution < -0.4 is 5.32 Å². The first-order valence-electron chi connectivity index (χ1n) is 8.76. The largest absolute Gasteiger partial charge is 0.460 e. The van der Waals surface area contributed by atoms with Gasteiger partial charge in [-0.2, -0.15) is 0 Å². The Morgan fingerprint density at radius 1 is 1.11 bits per heavy atom. The number of furan rings is 1. The normalized spacial score (nSPS) is 10.7. The summed E-state index contributed by atoms with van der Waals surface area (Å²) < 4.78 is 10.6. The Morgan fingerprint density at radius 3 is 2.59 bits per heavy atom. The van der Waals surface area contributed by atoms with Crippen LogP contribution in [0.5, 0.6) is 0 Å². The lowest BCUT2D eigenvalue weighted by atomic mass is 10.2. The van der Waals surface area contributed by atoms with E-state index in [1.54, 1.807) is 30.8 Å². The monoisotopic (exact) mass is 383 g/mol. The van der Waals surface area contributed by atoms with Gasteiger partial charge >= 0.3 is 5.97 Å². The Morgan fingerprint density at radius 2 is 1.85 bits per heavy atom. The van der Waals surface area contributed by atoms with Gasteiger partial charge in [-0.05, 0) is 38.1 Å². The SMILES string of the molecule is CCOC(=O)c1oc2ccccc2c1NC(=O)CCSc1ccc(C)cc1. The number of aryl methyl sites for hydroxylation is 1. The zero-order chi connectivity index (χ0) is 19.2. The highest BCUT2D eigenvalue weighted by Crippen LogP contribution is 2.31. The van der Waals surface area contributed by atoms with Gasteiger partial charge < -0.3 is 14.5 Å². The van der Waals surface area contributed by atoms with Gasteiger partial charge in [0.15, 0.2) is 0 Å². The van der Waals surface area contributed by atoms with Gasteiger partial charge in [-0.3, -0.25) is 4.79 Å². The molecule has 0 fully saturated rings. The fourth-order valence-electron chi connectivity index (χ4n) is 2.61. The van der Waals surface area contributed by atoms with Crippen LogP contribution in [0.2, 0.25) is 0 Å². The maximum atomic E-state index is 12.4. The number of nitrogens with one attached hydrogen (secondary N) is 1. The van der Waals surface area contributed by atoms with Crippen LogP contribution in [0.3, 0.4) is 0 Å². The average Bonchev–Trinajstić information content (AvgIpc) is 3.02. The third-order valence-electron chi connectivity index (χ3n) is 3.94. The van der Waals surface area contributed by atoms with E-state index >= 15 is 0 Å². The van der Waals surface area contributed by atoms with Gasteiger partial charge in [-0.15, -0.1) is 11.8 Å². The van der Waals surface area contributed by atoms with E-state index in [0.717, 1.165) is 4.90 Å². The second-order valence-electron chi connectivity index (χ2n) is 5.98. The standard InChI is InChI=1S/C21H21NO4S/c1-3-25-21(24)20-19(16-6-4-5-7-17(16)26-20)22-18(23)12-13-27-15-10-8-14(2)9-11-15/h4-11H,3,12-13H2,1-2H3,(H,22,23). The highest BCUT2D eigenvalue weighted by atomic mass is 32.2. The van der Waals surface area contributed by atoms with E-state index in [-0.39, 0.29) is 18.3 Å². The summed E-state index contributed by atoms with van der Waals surface area (Å²) in [5, 5.41) is 3.50. The quantitative estimate of drug-likeness (QED) is 0.457. The maximum Gasteiger partial charge on any atom is 0.376 e. The Labute approximate surface area is 162 Å². The van der Waals surface area contributed by atoms with Crippen molar-refractivity contribution in [2.45, 2.75) is 25.2 Å². The van der Waals surface area contributed by atoms with Crippen molar-refractivity contribution in [1.29, 1.82) is 0 Å². The molecule has 3 rings (SSSR count). The Bertz CT molecular complexity index is 946. The van der Waals surface area contributed by atoms with E-state index in [1.165, 1.54) is 5.56 Å². The topological polar surface area (TPSA) is 68.5 Å². The molecule has 0 atom stereocenters. The molecule has 0 radical (unpaired) electrons. The molecule has 5 nitrogen and oxygen atoms in total. The van der Waals surface area contributed by atoms with Gasteiger partial charge in [0.2, 0.25) is 11.7 Å². The van der Waals surface area contributed by atoms with Gasteiger partial charge in [0.05, 0.1) is 6.61 Å². The Hall–Kier alpha value is -2.73. The molecule has 1 N–H and O–H groups in total. The molecule has 0 aliphatic rings. The summed E-state index contributed by atoms with van der Waals surface area (Å²) in [5.41, 5.74) is 2.11. The number of esters is 1. The fraction of sp³-hybridized carbons (Fsp3) is 0.238. The predicted molar refractivity (Wildman–Crippen MR) is 107 cm³/mol. The molecule has 0 saturated heterocycles. The van der Waals surface area contributed by atoms with E-state index in [1.807, 2.05) is 43.3 Å². The van der Waals surface area contributed by atoms with Crippen molar-refractivity contribution in [2.24, 2.45) is 0 Å². The molecule has 2 aromatic carbocycles. The number of hydrogen-bond donors (Lipinski definition) is 1. The minimum atomic E-state index is -0.585. The van der Waals surface area contributed by atoms with Gasteiger partial charge in [0.25, 0.3) is 0 Å². The summed E-state index contributed by atoms with van der Waals surface area (Å²) in [4.78, 5) is 25.7. The van der Waals surface area contributed by atoms with Gasteiger partial charge in [-0.1, -0.05) is 29.8 Å². The van der Waals surface area contributed by atoms with Crippen LogP contribution >= 0.6 is 11.8 Å². The summed E-state index contributed by atoms with van der Waals surface area (Å²) in [5.74, 6) is -0.0956. The van der Waals surface area contributed by atoms with Crippen LogP contribution in [-0.2, 0) is 9.53 Å². The molecule has 3 aromatic rings. The van der Waals surface area contributed by atoms with Crippen LogP contribution in [-0.4, -0.2) is 24.2 Å². The van der Waals surface area contributed by atoms with E-state index < -0.39 is 5.97 Å². The van der Waals surface area contributed by atoms with Crippen LogP contribution in [0.15, 0.2) is 57.8 Å². The summed E-state index contributed by atoms with van der Waals surface area (Å²) in [6.07, 6.45) is 0.320. The van der Waals surface area contributed by atoms with Crippen LogP contribution in [0, 0.1) is 6.92 Å². The molecule has 1 heterocycles. The minimum absolute atomic E-state index is 0.0255. The van der Waals surface area contributed by atoms with Crippen molar-refractivity contribution in [1.82, 2.24) is 0 Å². The molecule has 140 valence electrons. The number of fused-ring (bicyclic) bond motifs is 1. The molecule has 0 bridgehead atoms.